The number of likely N-dealkylation sites (tertiary alicyclic amines) is 1. The normalized spacial score (nSPS) is 23.1. The molecular formula is C15H23N3O2. The molecule has 5 heteroatoms. The first-order valence-electron chi connectivity index (χ1n) is 7.66. The van der Waals surface area contributed by atoms with Crippen molar-refractivity contribution in [2.45, 2.75) is 50.7 Å². The topological polar surface area (TPSA) is 47.4 Å². The van der Waals surface area contributed by atoms with Crippen LogP contribution in [0.25, 0.3) is 0 Å². The summed E-state index contributed by atoms with van der Waals surface area (Å²) in [5, 5.41) is 4.22. The lowest BCUT2D eigenvalue weighted by molar-refractivity contribution is -0.140. The van der Waals surface area contributed by atoms with Gasteiger partial charge in [-0.3, -0.25) is 9.48 Å². The van der Waals surface area contributed by atoms with Crippen molar-refractivity contribution in [2.24, 2.45) is 0 Å². The molecule has 0 bridgehead atoms. The van der Waals surface area contributed by atoms with Crippen molar-refractivity contribution in [2.75, 3.05) is 19.7 Å². The van der Waals surface area contributed by atoms with Gasteiger partial charge in [0.1, 0.15) is 6.04 Å². The highest BCUT2D eigenvalue weighted by atomic mass is 16.5. The van der Waals surface area contributed by atoms with Crippen LogP contribution in [0.3, 0.4) is 0 Å². The molecule has 0 aromatic carbocycles. The third-order valence-electron chi connectivity index (χ3n) is 4.69. The molecule has 2 aliphatic heterocycles. The molecule has 110 valence electrons. The maximum absolute atomic E-state index is 12.7. The van der Waals surface area contributed by atoms with Crippen LogP contribution in [0.2, 0.25) is 0 Å². The molecule has 1 atom stereocenters. The minimum absolute atomic E-state index is 0.0736. The number of rotatable bonds is 3. The molecule has 1 unspecified atom stereocenters. The van der Waals surface area contributed by atoms with Crippen molar-refractivity contribution in [3.8, 4) is 0 Å². The second-order valence-corrected chi connectivity index (χ2v) is 5.87. The number of carbonyl (C=O) groups is 1. The Hall–Kier alpha value is -1.36. The average molecular weight is 277 g/mol. The van der Waals surface area contributed by atoms with E-state index in [-0.39, 0.29) is 17.6 Å². The zero-order valence-electron chi connectivity index (χ0n) is 12.1. The van der Waals surface area contributed by atoms with Gasteiger partial charge in [-0.05, 0) is 38.2 Å². The number of piperidine rings is 1. The van der Waals surface area contributed by atoms with Gasteiger partial charge in [-0.2, -0.15) is 5.10 Å². The van der Waals surface area contributed by atoms with Crippen molar-refractivity contribution < 1.29 is 9.53 Å². The van der Waals surface area contributed by atoms with Crippen LogP contribution in [-0.4, -0.2) is 45.9 Å². The molecule has 1 amide bonds. The minimum atomic E-state index is -0.163. The Bertz CT molecular complexity index is 442. The SMILES string of the molecule is CCC(C(=O)N1CCC2(CCCO2)CC1)n1cccn1. The summed E-state index contributed by atoms with van der Waals surface area (Å²) in [4.78, 5) is 14.6. The van der Waals surface area contributed by atoms with Crippen molar-refractivity contribution in [3.63, 3.8) is 0 Å². The molecular weight excluding hydrogens is 254 g/mol. The number of nitrogens with zero attached hydrogens (tertiary/aromatic N) is 3. The van der Waals surface area contributed by atoms with Crippen LogP contribution in [0.4, 0.5) is 0 Å². The summed E-state index contributed by atoms with van der Waals surface area (Å²) >= 11 is 0. The Kier molecular flexibility index (Phi) is 3.78. The van der Waals surface area contributed by atoms with Gasteiger partial charge in [-0.15, -0.1) is 0 Å². The highest BCUT2D eigenvalue weighted by Crippen LogP contribution is 2.36. The summed E-state index contributed by atoms with van der Waals surface area (Å²) in [7, 11) is 0. The van der Waals surface area contributed by atoms with Gasteiger partial charge in [0.15, 0.2) is 0 Å². The molecule has 3 heterocycles. The summed E-state index contributed by atoms with van der Waals surface area (Å²) in [6.07, 6.45) is 8.66. The summed E-state index contributed by atoms with van der Waals surface area (Å²) in [5.41, 5.74) is 0.0736. The number of carbonyl (C=O) groups excluding carboxylic acids is 1. The van der Waals surface area contributed by atoms with Crippen LogP contribution in [0, 0.1) is 0 Å². The highest BCUT2D eigenvalue weighted by molar-refractivity contribution is 5.80. The Balaban J connectivity index is 1.63. The van der Waals surface area contributed by atoms with E-state index in [1.165, 1.54) is 6.42 Å². The monoisotopic (exact) mass is 277 g/mol. The second-order valence-electron chi connectivity index (χ2n) is 5.87. The van der Waals surface area contributed by atoms with Gasteiger partial charge in [0, 0.05) is 32.1 Å². The number of hydrogen-bond acceptors (Lipinski definition) is 3. The molecule has 1 aromatic rings. The van der Waals surface area contributed by atoms with Gasteiger partial charge in [-0.25, -0.2) is 0 Å². The average Bonchev–Trinajstić information content (AvgIpc) is 3.13. The maximum Gasteiger partial charge on any atom is 0.247 e. The first kappa shape index (κ1) is 13.6. The quantitative estimate of drug-likeness (QED) is 0.849. The van der Waals surface area contributed by atoms with E-state index in [1.807, 2.05) is 24.1 Å². The largest absolute Gasteiger partial charge is 0.375 e. The van der Waals surface area contributed by atoms with Gasteiger partial charge < -0.3 is 9.64 Å². The van der Waals surface area contributed by atoms with Crippen LogP contribution in [-0.2, 0) is 9.53 Å². The summed E-state index contributed by atoms with van der Waals surface area (Å²) in [6.45, 7) is 4.56. The number of ether oxygens (including phenoxy) is 1. The third kappa shape index (κ3) is 2.46. The van der Waals surface area contributed by atoms with E-state index >= 15 is 0 Å². The van der Waals surface area contributed by atoms with Crippen LogP contribution < -0.4 is 0 Å². The van der Waals surface area contributed by atoms with Gasteiger partial charge in [0.25, 0.3) is 0 Å². The van der Waals surface area contributed by atoms with E-state index in [4.69, 9.17) is 4.74 Å². The minimum Gasteiger partial charge on any atom is -0.375 e. The highest BCUT2D eigenvalue weighted by Gasteiger charge is 2.40. The fraction of sp³-hybridized carbons (Fsp3) is 0.733. The Morgan fingerprint density at radius 2 is 2.20 bits per heavy atom. The van der Waals surface area contributed by atoms with Crippen LogP contribution in [0.1, 0.15) is 45.1 Å². The molecule has 0 N–H and O–H groups in total. The Morgan fingerprint density at radius 3 is 2.75 bits per heavy atom. The molecule has 2 aliphatic rings. The molecule has 5 nitrogen and oxygen atoms in total. The Morgan fingerprint density at radius 1 is 1.40 bits per heavy atom. The van der Waals surface area contributed by atoms with Crippen LogP contribution in [0.5, 0.6) is 0 Å². The lowest BCUT2D eigenvalue weighted by atomic mass is 9.88. The van der Waals surface area contributed by atoms with E-state index in [0.29, 0.717) is 0 Å². The van der Waals surface area contributed by atoms with E-state index in [1.54, 1.807) is 10.9 Å². The second kappa shape index (κ2) is 5.56. The zero-order chi connectivity index (χ0) is 14.0. The lowest BCUT2D eigenvalue weighted by Gasteiger charge is -2.39. The van der Waals surface area contributed by atoms with Gasteiger partial charge in [0.05, 0.1) is 5.60 Å². The van der Waals surface area contributed by atoms with Gasteiger partial charge in [0.2, 0.25) is 5.91 Å². The molecule has 20 heavy (non-hydrogen) atoms. The first-order valence-corrected chi connectivity index (χ1v) is 7.66. The molecule has 0 radical (unpaired) electrons. The molecule has 2 saturated heterocycles. The molecule has 3 rings (SSSR count). The number of amides is 1. The summed E-state index contributed by atoms with van der Waals surface area (Å²) in [6, 6.07) is 1.71. The molecule has 0 saturated carbocycles. The molecule has 2 fully saturated rings. The first-order chi connectivity index (χ1) is 9.74. The fourth-order valence-electron chi connectivity index (χ4n) is 3.43. The Labute approximate surface area is 119 Å². The fourth-order valence-corrected chi connectivity index (χ4v) is 3.43. The summed E-state index contributed by atoms with van der Waals surface area (Å²) in [5.74, 6) is 0.198. The standard InChI is InChI=1S/C15H23N3O2/c1-2-13(18-9-4-8-16-18)14(19)17-10-6-15(7-11-17)5-3-12-20-15/h4,8-9,13H,2-3,5-7,10-12H2,1H3. The zero-order valence-corrected chi connectivity index (χ0v) is 12.1. The summed E-state index contributed by atoms with van der Waals surface area (Å²) < 4.78 is 7.69. The van der Waals surface area contributed by atoms with E-state index in [0.717, 1.165) is 45.4 Å². The van der Waals surface area contributed by atoms with Crippen molar-refractivity contribution in [1.29, 1.82) is 0 Å². The van der Waals surface area contributed by atoms with Crippen molar-refractivity contribution >= 4 is 5.91 Å². The predicted molar refractivity (Wildman–Crippen MR) is 75.3 cm³/mol. The molecule has 1 aromatic heterocycles. The van der Waals surface area contributed by atoms with Crippen molar-refractivity contribution in [1.82, 2.24) is 14.7 Å². The number of hydrogen-bond donors (Lipinski definition) is 0. The lowest BCUT2D eigenvalue weighted by Crippen LogP contribution is -2.48. The van der Waals surface area contributed by atoms with E-state index < -0.39 is 0 Å². The van der Waals surface area contributed by atoms with Gasteiger partial charge >= 0.3 is 0 Å². The maximum atomic E-state index is 12.7. The van der Waals surface area contributed by atoms with E-state index in [2.05, 4.69) is 5.10 Å². The molecule has 0 aliphatic carbocycles. The third-order valence-corrected chi connectivity index (χ3v) is 4.69. The predicted octanol–water partition coefficient (Wildman–Crippen LogP) is 2.01. The molecule has 1 spiro atoms. The number of aromatic nitrogens is 2. The van der Waals surface area contributed by atoms with E-state index in [9.17, 15) is 4.79 Å². The smallest absolute Gasteiger partial charge is 0.247 e. The van der Waals surface area contributed by atoms with Crippen molar-refractivity contribution in [3.05, 3.63) is 18.5 Å². The van der Waals surface area contributed by atoms with Crippen LogP contribution in [0.15, 0.2) is 18.5 Å². The van der Waals surface area contributed by atoms with Gasteiger partial charge in [-0.1, -0.05) is 6.92 Å². The van der Waals surface area contributed by atoms with Crippen LogP contribution >= 0.6 is 0 Å².